The Bertz CT molecular complexity index is 1030. The molecule has 8 heteroatoms. The average Bonchev–Trinajstić information content (AvgIpc) is 3.20. The maximum absolute atomic E-state index is 11.7. The molecule has 1 aliphatic heterocycles. The van der Waals surface area contributed by atoms with Crippen LogP contribution < -0.4 is 5.32 Å². The summed E-state index contributed by atoms with van der Waals surface area (Å²) in [4.78, 5) is 34.4. The first kappa shape index (κ1) is 17.9. The smallest absolute Gasteiger partial charge is 0.288 e. The van der Waals surface area contributed by atoms with Gasteiger partial charge in [-0.15, -0.1) is 11.3 Å². The highest BCUT2D eigenvalue weighted by atomic mass is 32.2. The van der Waals surface area contributed by atoms with Crippen molar-refractivity contribution in [3.63, 3.8) is 0 Å². The van der Waals surface area contributed by atoms with Crippen molar-refractivity contribution in [2.24, 2.45) is 0 Å². The molecule has 0 bridgehead atoms. The van der Waals surface area contributed by atoms with Crippen LogP contribution in [-0.2, 0) is 4.79 Å². The predicted molar refractivity (Wildman–Crippen MR) is 110 cm³/mol. The minimum absolute atomic E-state index is 0.133. The molecule has 2 amide bonds. The largest absolute Gasteiger partial charge is 0.368 e. The van der Waals surface area contributed by atoms with Crippen LogP contribution in [0.15, 0.2) is 29.9 Å². The van der Waals surface area contributed by atoms with Gasteiger partial charge in [0.05, 0.1) is 11.1 Å². The normalized spacial score (nSPS) is 14.4. The van der Waals surface area contributed by atoms with Gasteiger partial charge in [-0.3, -0.25) is 14.5 Å². The SMILES string of the molecule is Cc1ccc(-c2csc3ncnc(NCCN4C(=O)CSC4=O)c23)c(C)c1. The van der Waals surface area contributed by atoms with Gasteiger partial charge in [-0.2, -0.15) is 0 Å². The summed E-state index contributed by atoms with van der Waals surface area (Å²) in [7, 11) is 0. The number of rotatable bonds is 5. The fraction of sp³-hybridized carbons (Fsp3) is 0.263. The second-order valence-corrected chi connectivity index (χ2v) is 8.18. The van der Waals surface area contributed by atoms with Crippen LogP contribution in [-0.4, -0.2) is 44.9 Å². The van der Waals surface area contributed by atoms with Crippen LogP contribution >= 0.6 is 23.1 Å². The molecule has 0 unspecified atom stereocenters. The first-order chi connectivity index (χ1) is 13.0. The third kappa shape index (κ3) is 3.42. The molecule has 0 aliphatic carbocycles. The number of aromatic nitrogens is 2. The van der Waals surface area contributed by atoms with Crippen molar-refractivity contribution in [3.05, 3.63) is 41.0 Å². The molecule has 2 aromatic heterocycles. The maximum atomic E-state index is 11.7. The molecule has 1 aliphatic rings. The number of nitrogens with one attached hydrogen (secondary N) is 1. The number of carbonyl (C=O) groups excluding carboxylic acids is 2. The topological polar surface area (TPSA) is 75.2 Å². The Kier molecular flexibility index (Phi) is 4.84. The van der Waals surface area contributed by atoms with Gasteiger partial charge >= 0.3 is 0 Å². The Balaban J connectivity index is 1.62. The van der Waals surface area contributed by atoms with Gasteiger partial charge in [-0.1, -0.05) is 35.5 Å². The number of hydrogen-bond acceptors (Lipinski definition) is 7. The lowest BCUT2D eigenvalue weighted by Gasteiger charge is -2.14. The van der Waals surface area contributed by atoms with E-state index in [0.717, 1.165) is 38.9 Å². The number of amides is 2. The summed E-state index contributed by atoms with van der Waals surface area (Å²) >= 11 is 2.63. The molecule has 1 N–H and O–H groups in total. The fourth-order valence-electron chi connectivity index (χ4n) is 3.21. The molecule has 0 atom stereocenters. The van der Waals surface area contributed by atoms with Crippen molar-refractivity contribution in [3.8, 4) is 11.1 Å². The molecule has 27 heavy (non-hydrogen) atoms. The van der Waals surface area contributed by atoms with Gasteiger partial charge in [-0.25, -0.2) is 9.97 Å². The van der Waals surface area contributed by atoms with Crippen molar-refractivity contribution in [1.82, 2.24) is 14.9 Å². The molecule has 1 fully saturated rings. The number of fused-ring (bicyclic) bond motifs is 1. The number of aryl methyl sites for hydroxylation is 2. The summed E-state index contributed by atoms with van der Waals surface area (Å²) in [6.07, 6.45) is 1.54. The lowest BCUT2D eigenvalue weighted by molar-refractivity contribution is -0.124. The van der Waals surface area contributed by atoms with Crippen LogP contribution in [0, 0.1) is 13.8 Å². The summed E-state index contributed by atoms with van der Waals surface area (Å²) < 4.78 is 0. The monoisotopic (exact) mass is 398 g/mol. The quantitative estimate of drug-likeness (QED) is 0.698. The van der Waals surface area contributed by atoms with Crippen molar-refractivity contribution in [1.29, 1.82) is 0 Å². The summed E-state index contributed by atoms with van der Waals surface area (Å²) in [6.45, 7) is 4.97. The van der Waals surface area contributed by atoms with Crippen molar-refractivity contribution >= 4 is 50.3 Å². The fourth-order valence-corrected chi connectivity index (χ4v) is 4.86. The molecule has 138 valence electrons. The third-order valence-corrected chi connectivity index (χ3v) is 6.26. The van der Waals surface area contributed by atoms with Crippen LogP contribution in [0.2, 0.25) is 0 Å². The van der Waals surface area contributed by atoms with E-state index < -0.39 is 0 Å². The van der Waals surface area contributed by atoms with E-state index >= 15 is 0 Å². The predicted octanol–water partition coefficient (Wildman–Crippen LogP) is 4.08. The van der Waals surface area contributed by atoms with E-state index in [1.165, 1.54) is 22.4 Å². The van der Waals surface area contributed by atoms with Crippen molar-refractivity contribution in [2.75, 3.05) is 24.2 Å². The standard InChI is InChI=1S/C19H18N4O2S2/c1-11-3-4-13(12(2)7-11)14-8-26-18-16(14)17(21-10-22-18)20-5-6-23-15(24)9-27-19(23)25/h3-4,7-8,10H,5-6,9H2,1-2H3,(H,20,21,22). The molecule has 1 aromatic carbocycles. The first-order valence-corrected chi connectivity index (χ1v) is 10.4. The number of carbonyl (C=O) groups is 2. The van der Waals surface area contributed by atoms with Crippen molar-refractivity contribution in [2.45, 2.75) is 13.8 Å². The van der Waals surface area contributed by atoms with Gasteiger partial charge in [0, 0.05) is 24.0 Å². The zero-order valence-electron chi connectivity index (χ0n) is 15.0. The Morgan fingerprint density at radius 2 is 2.04 bits per heavy atom. The van der Waals surface area contributed by atoms with Gasteiger partial charge in [0.15, 0.2) is 0 Å². The molecule has 3 heterocycles. The van der Waals surface area contributed by atoms with Crippen LogP contribution in [0.1, 0.15) is 11.1 Å². The number of thioether (sulfide) groups is 1. The molecular formula is C19H18N4O2S2. The minimum atomic E-state index is -0.180. The highest BCUT2D eigenvalue weighted by Crippen LogP contribution is 2.38. The van der Waals surface area contributed by atoms with Gasteiger partial charge in [0.2, 0.25) is 5.91 Å². The van der Waals surface area contributed by atoms with Crippen LogP contribution in [0.5, 0.6) is 0 Å². The summed E-state index contributed by atoms with van der Waals surface area (Å²) in [5.41, 5.74) is 4.68. The van der Waals surface area contributed by atoms with E-state index in [-0.39, 0.29) is 16.9 Å². The van der Waals surface area contributed by atoms with Crippen molar-refractivity contribution < 1.29 is 9.59 Å². The number of imide groups is 1. The van der Waals surface area contributed by atoms with E-state index in [4.69, 9.17) is 0 Å². The molecule has 1 saturated heterocycles. The number of thiophene rings is 1. The Hall–Kier alpha value is -2.45. The Labute approximate surface area is 165 Å². The highest BCUT2D eigenvalue weighted by Gasteiger charge is 2.29. The molecule has 0 saturated carbocycles. The second kappa shape index (κ2) is 7.28. The number of benzene rings is 1. The Morgan fingerprint density at radius 3 is 2.78 bits per heavy atom. The van der Waals surface area contributed by atoms with Gasteiger partial charge in [0.25, 0.3) is 5.24 Å². The van der Waals surface area contributed by atoms with E-state index in [1.54, 1.807) is 11.3 Å². The lowest BCUT2D eigenvalue weighted by Crippen LogP contribution is -2.33. The second-order valence-electron chi connectivity index (χ2n) is 6.40. The molecule has 6 nitrogen and oxygen atoms in total. The maximum Gasteiger partial charge on any atom is 0.288 e. The van der Waals surface area contributed by atoms with Gasteiger partial charge < -0.3 is 5.32 Å². The van der Waals surface area contributed by atoms with Gasteiger partial charge in [0.1, 0.15) is 17.0 Å². The van der Waals surface area contributed by atoms with E-state index in [9.17, 15) is 9.59 Å². The highest BCUT2D eigenvalue weighted by molar-refractivity contribution is 8.14. The minimum Gasteiger partial charge on any atom is -0.368 e. The van der Waals surface area contributed by atoms with E-state index in [1.807, 2.05) is 0 Å². The summed E-state index contributed by atoms with van der Waals surface area (Å²) in [5, 5.41) is 6.18. The number of nitrogens with zero attached hydrogens (tertiary/aromatic N) is 3. The third-order valence-electron chi connectivity index (χ3n) is 4.51. The summed E-state index contributed by atoms with van der Waals surface area (Å²) in [5.74, 6) is 0.826. The van der Waals surface area contributed by atoms with E-state index in [2.05, 4.69) is 52.7 Å². The zero-order valence-corrected chi connectivity index (χ0v) is 16.6. The van der Waals surface area contributed by atoms with Crippen LogP contribution in [0.3, 0.4) is 0 Å². The van der Waals surface area contributed by atoms with E-state index in [0.29, 0.717) is 13.1 Å². The number of anilines is 1. The number of hydrogen-bond donors (Lipinski definition) is 1. The molecule has 0 radical (unpaired) electrons. The first-order valence-electron chi connectivity index (χ1n) is 8.55. The van der Waals surface area contributed by atoms with Crippen LogP contribution in [0.4, 0.5) is 10.6 Å². The van der Waals surface area contributed by atoms with Crippen LogP contribution in [0.25, 0.3) is 21.3 Å². The Morgan fingerprint density at radius 1 is 1.19 bits per heavy atom. The molecule has 4 rings (SSSR count). The average molecular weight is 399 g/mol. The lowest BCUT2D eigenvalue weighted by atomic mass is 9.99. The molecule has 3 aromatic rings. The summed E-state index contributed by atoms with van der Waals surface area (Å²) in [6, 6.07) is 6.39. The molecule has 0 spiro atoms. The zero-order chi connectivity index (χ0) is 19.0. The molecular weight excluding hydrogens is 380 g/mol. The van der Waals surface area contributed by atoms with Gasteiger partial charge in [-0.05, 0) is 25.0 Å².